The van der Waals surface area contributed by atoms with Crippen molar-refractivity contribution >= 4 is 36.4 Å². The number of ether oxygens (including phenoxy) is 2. The van der Waals surface area contributed by atoms with E-state index >= 15 is 0 Å². The maximum atomic E-state index is 13.7. The molecule has 0 spiro atoms. The Morgan fingerprint density at radius 2 is 0.875 bits per heavy atom. The Kier molecular flexibility index (Phi) is 19.6. The van der Waals surface area contributed by atoms with Crippen molar-refractivity contribution in [2.24, 2.45) is 11.8 Å². The van der Waals surface area contributed by atoms with E-state index in [4.69, 9.17) is 9.47 Å². The molecule has 6 nitrogen and oxygen atoms in total. The van der Waals surface area contributed by atoms with Gasteiger partial charge in [0.15, 0.2) is 11.6 Å². The van der Waals surface area contributed by atoms with Crippen LogP contribution < -0.4 is 9.47 Å². The number of rotatable bonds is 19. The summed E-state index contributed by atoms with van der Waals surface area (Å²) in [7, 11) is 0. The minimum absolute atomic E-state index is 0. The van der Waals surface area contributed by atoms with E-state index in [9.17, 15) is 9.59 Å². The van der Waals surface area contributed by atoms with Gasteiger partial charge in [-0.3, -0.25) is 9.59 Å². The molecule has 2 aromatic rings. The third kappa shape index (κ3) is 11.8. The number of halogens is 2. The predicted molar refractivity (Wildman–Crippen MR) is 170 cm³/mol. The molecule has 2 rings (SSSR count). The first kappa shape index (κ1) is 37.9. The zero-order valence-electron chi connectivity index (χ0n) is 25.2. The van der Waals surface area contributed by atoms with Crippen molar-refractivity contribution in [3.05, 3.63) is 59.7 Å². The van der Waals surface area contributed by atoms with Gasteiger partial charge in [-0.05, 0) is 101 Å². The second-order valence-electron chi connectivity index (χ2n) is 9.59. The van der Waals surface area contributed by atoms with Crippen molar-refractivity contribution in [3.63, 3.8) is 0 Å². The van der Waals surface area contributed by atoms with Gasteiger partial charge < -0.3 is 19.3 Å². The maximum absolute atomic E-state index is 13.7. The van der Waals surface area contributed by atoms with Crippen molar-refractivity contribution in [1.82, 2.24) is 9.80 Å². The molecule has 0 amide bonds. The molecule has 0 aromatic heterocycles. The number of carbonyl (C=O) groups excluding carboxylic acids is 2. The Morgan fingerprint density at radius 3 is 1.12 bits per heavy atom. The molecule has 0 aliphatic heterocycles. The van der Waals surface area contributed by atoms with Crippen LogP contribution in [0.25, 0.3) is 0 Å². The molecular weight excluding hydrogens is 547 g/mol. The lowest BCUT2D eigenvalue weighted by Gasteiger charge is -2.28. The molecule has 0 radical (unpaired) electrons. The van der Waals surface area contributed by atoms with Crippen LogP contribution in [-0.4, -0.2) is 73.8 Å². The number of Topliss-reactive ketones (excluding diaryl/α,β-unsaturated/α-hetero) is 2. The summed E-state index contributed by atoms with van der Waals surface area (Å²) >= 11 is 0. The molecule has 8 heteroatoms. The van der Waals surface area contributed by atoms with Crippen molar-refractivity contribution in [1.29, 1.82) is 0 Å². The molecule has 0 aliphatic carbocycles. The van der Waals surface area contributed by atoms with Gasteiger partial charge in [-0.2, -0.15) is 0 Å². The van der Waals surface area contributed by atoms with Crippen LogP contribution in [0, 0.1) is 11.8 Å². The van der Waals surface area contributed by atoms with Gasteiger partial charge >= 0.3 is 0 Å². The van der Waals surface area contributed by atoms with E-state index in [0.717, 1.165) is 37.7 Å². The van der Waals surface area contributed by atoms with Gasteiger partial charge in [0.2, 0.25) is 0 Å². The van der Waals surface area contributed by atoms with Gasteiger partial charge in [-0.15, -0.1) is 24.8 Å². The van der Waals surface area contributed by atoms with Crippen LogP contribution in [0.2, 0.25) is 0 Å². The number of carbonyl (C=O) groups is 2. The second-order valence-corrected chi connectivity index (χ2v) is 9.59. The summed E-state index contributed by atoms with van der Waals surface area (Å²) in [6, 6.07) is 14.9. The highest BCUT2D eigenvalue weighted by Gasteiger charge is 2.27. The summed E-state index contributed by atoms with van der Waals surface area (Å²) in [5.74, 6) is 1.44. The largest absolute Gasteiger partial charge is 0.494 e. The quantitative estimate of drug-likeness (QED) is 0.161. The van der Waals surface area contributed by atoms with Crippen molar-refractivity contribution in [2.45, 2.75) is 54.4 Å². The Labute approximate surface area is 254 Å². The van der Waals surface area contributed by atoms with Gasteiger partial charge in [0.1, 0.15) is 11.5 Å². The number of nitrogens with zero attached hydrogens (tertiary/aromatic N) is 2. The predicted octanol–water partition coefficient (Wildman–Crippen LogP) is 7.09. The molecule has 2 atom stereocenters. The Hall–Kier alpha value is -2.12. The lowest BCUT2D eigenvalue weighted by atomic mass is 9.86. The normalized spacial score (nSPS) is 12.3. The average molecular weight is 598 g/mol. The highest BCUT2D eigenvalue weighted by molar-refractivity contribution is 5.99. The first-order chi connectivity index (χ1) is 18.4. The lowest BCUT2D eigenvalue weighted by molar-refractivity contribution is 0.0815. The zero-order valence-corrected chi connectivity index (χ0v) is 26.8. The molecule has 0 fully saturated rings. The minimum Gasteiger partial charge on any atom is -0.494 e. The highest BCUT2D eigenvalue weighted by Crippen LogP contribution is 2.25. The Balaban J connectivity index is 0.00000760. The smallest absolute Gasteiger partial charge is 0.167 e. The lowest BCUT2D eigenvalue weighted by Crippen LogP contribution is -2.36. The molecule has 0 aliphatic rings. The molecule has 0 heterocycles. The average Bonchev–Trinajstić information content (AvgIpc) is 2.95. The summed E-state index contributed by atoms with van der Waals surface area (Å²) < 4.78 is 11.1. The maximum Gasteiger partial charge on any atom is 0.167 e. The summed E-state index contributed by atoms with van der Waals surface area (Å²) in [6.45, 7) is 18.5. The minimum atomic E-state index is -0.180. The number of hydrogen-bond acceptors (Lipinski definition) is 6. The third-order valence-electron chi connectivity index (χ3n) is 7.25. The molecule has 226 valence electrons. The third-order valence-corrected chi connectivity index (χ3v) is 7.25. The summed E-state index contributed by atoms with van der Waals surface area (Å²) in [4.78, 5) is 32.0. The van der Waals surface area contributed by atoms with Crippen molar-refractivity contribution in [3.8, 4) is 11.5 Å². The fraction of sp³-hybridized carbons (Fsp3) is 0.562. The van der Waals surface area contributed by atoms with Crippen LogP contribution in [0.15, 0.2) is 48.5 Å². The standard InChI is InChI=1S/C32H48N2O4.2ClH/c1-7-33(8-2)23-27(31(35)25-15-19-29(20-16-25)37-11-5)13-14-28(24-34(9-3)10-4)32(36)26-17-21-30(22-18-26)38-12-6;;/h15-22,27-28H,7-14,23-24H2,1-6H3;2*1H. The van der Waals surface area contributed by atoms with Crippen molar-refractivity contribution < 1.29 is 19.1 Å². The molecule has 40 heavy (non-hydrogen) atoms. The van der Waals surface area contributed by atoms with E-state index in [1.807, 2.05) is 62.4 Å². The molecule has 0 N–H and O–H groups in total. The van der Waals surface area contributed by atoms with Crippen LogP contribution in [0.3, 0.4) is 0 Å². The molecular formula is C32H50Cl2N2O4. The van der Waals surface area contributed by atoms with Crippen LogP contribution in [-0.2, 0) is 0 Å². The number of benzene rings is 2. The van der Waals surface area contributed by atoms with E-state index in [1.165, 1.54) is 0 Å². The Morgan fingerprint density at radius 1 is 0.575 bits per heavy atom. The van der Waals surface area contributed by atoms with E-state index in [2.05, 4.69) is 37.5 Å². The highest BCUT2D eigenvalue weighted by atomic mass is 35.5. The second kappa shape index (κ2) is 20.7. The summed E-state index contributed by atoms with van der Waals surface area (Å²) in [5, 5.41) is 0. The molecule has 2 aromatic carbocycles. The van der Waals surface area contributed by atoms with Gasteiger partial charge in [0, 0.05) is 36.1 Å². The first-order valence-corrected chi connectivity index (χ1v) is 14.4. The Bertz CT molecular complexity index is 882. The topological polar surface area (TPSA) is 59.1 Å². The van der Waals surface area contributed by atoms with Gasteiger partial charge in [0.05, 0.1) is 13.2 Å². The SMILES string of the molecule is CCOc1ccc(C(=O)C(CCC(CN(CC)CC)C(=O)c2ccc(OCC)cc2)CN(CC)CC)cc1.Cl.Cl. The van der Waals surface area contributed by atoms with E-state index < -0.39 is 0 Å². The fourth-order valence-electron chi connectivity index (χ4n) is 4.84. The van der Waals surface area contributed by atoms with Crippen molar-refractivity contribution in [2.75, 3.05) is 52.5 Å². The summed E-state index contributed by atoms with van der Waals surface area (Å²) in [6.07, 6.45) is 1.33. The van der Waals surface area contributed by atoms with Crippen LogP contribution >= 0.6 is 24.8 Å². The molecule has 0 saturated carbocycles. The molecule has 0 bridgehead atoms. The van der Waals surface area contributed by atoms with E-state index in [0.29, 0.717) is 50.3 Å². The van der Waals surface area contributed by atoms with Gasteiger partial charge in [-0.1, -0.05) is 27.7 Å². The summed E-state index contributed by atoms with van der Waals surface area (Å²) in [5.41, 5.74) is 1.40. The fourth-order valence-corrected chi connectivity index (χ4v) is 4.84. The molecule has 0 saturated heterocycles. The molecule has 2 unspecified atom stereocenters. The van der Waals surface area contributed by atoms with Crippen LogP contribution in [0.5, 0.6) is 11.5 Å². The van der Waals surface area contributed by atoms with Gasteiger partial charge in [-0.25, -0.2) is 0 Å². The van der Waals surface area contributed by atoms with E-state index in [1.54, 1.807) is 0 Å². The first-order valence-electron chi connectivity index (χ1n) is 14.4. The monoisotopic (exact) mass is 596 g/mol. The zero-order chi connectivity index (χ0) is 27.9. The van der Waals surface area contributed by atoms with Crippen LogP contribution in [0.4, 0.5) is 0 Å². The number of hydrogen-bond donors (Lipinski definition) is 0. The number of ketones is 2. The van der Waals surface area contributed by atoms with E-state index in [-0.39, 0.29) is 48.2 Å². The van der Waals surface area contributed by atoms with Gasteiger partial charge in [0.25, 0.3) is 0 Å². The van der Waals surface area contributed by atoms with Crippen LogP contribution in [0.1, 0.15) is 75.1 Å².